The molecule has 1 aromatic heterocycles. The van der Waals surface area contributed by atoms with E-state index in [1.54, 1.807) is 0 Å². The Labute approximate surface area is 115 Å². The molecule has 3 rings (SSSR count). The number of rotatable bonds is 6. The summed E-state index contributed by atoms with van der Waals surface area (Å²) in [6, 6.07) is 9.46. The highest BCUT2D eigenvalue weighted by Crippen LogP contribution is 2.24. The molecule has 1 aliphatic carbocycles. The van der Waals surface area contributed by atoms with Crippen LogP contribution in [0.2, 0.25) is 0 Å². The number of allylic oxidation sites excluding steroid dienone is 1. The van der Waals surface area contributed by atoms with Crippen molar-refractivity contribution < 1.29 is 0 Å². The van der Waals surface area contributed by atoms with Gasteiger partial charge in [0.1, 0.15) is 0 Å². The van der Waals surface area contributed by atoms with Crippen LogP contribution < -0.4 is 5.32 Å². The van der Waals surface area contributed by atoms with Crippen molar-refractivity contribution in [2.75, 3.05) is 0 Å². The third kappa shape index (κ3) is 2.90. The molecule has 0 atom stereocenters. The molecule has 100 valence electrons. The molecule has 1 fully saturated rings. The maximum Gasteiger partial charge on any atom is 0.0483 e. The smallest absolute Gasteiger partial charge is 0.0483 e. The first kappa shape index (κ1) is 12.5. The van der Waals surface area contributed by atoms with Gasteiger partial charge in [0, 0.05) is 36.2 Å². The summed E-state index contributed by atoms with van der Waals surface area (Å²) in [5.41, 5.74) is 4.01. The summed E-state index contributed by atoms with van der Waals surface area (Å²) in [6.07, 6.45) is 6.04. The van der Waals surface area contributed by atoms with Gasteiger partial charge in [0.25, 0.3) is 0 Å². The van der Waals surface area contributed by atoms with Crippen molar-refractivity contribution in [3.05, 3.63) is 48.2 Å². The second-order valence-corrected chi connectivity index (χ2v) is 5.73. The highest BCUT2D eigenvalue weighted by molar-refractivity contribution is 5.83. The van der Waals surface area contributed by atoms with Gasteiger partial charge in [-0.05, 0) is 37.8 Å². The summed E-state index contributed by atoms with van der Waals surface area (Å²) >= 11 is 0. The number of aromatic nitrogens is 1. The van der Waals surface area contributed by atoms with Gasteiger partial charge in [0.15, 0.2) is 0 Å². The van der Waals surface area contributed by atoms with Crippen molar-refractivity contribution in [2.24, 2.45) is 0 Å². The standard InChI is InChI=1S/C17H22N2/c1-13(2)9-10-19-12-14(11-18-15-7-8-15)16-5-3-4-6-17(16)19/h3-6,12,15,18H,1,7-11H2,2H3. The maximum absolute atomic E-state index is 4.00. The highest BCUT2D eigenvalue weighted by Gasteiger charge is 2.20. The molecule has 0 saturated heterocycles. The predicted molar refractivity (Wildman–Crippen MR) is 81.2 cm³/mol. The van der Waals surface area contributed by atoms with Gasteiger partial charge in [-0.1, -0.05) is 23.8 Å². The normalized spacial score (nSPS) is 15.0. The van der Waals surface area contributed by atoms with Crippen LogP contribution in [0.1, 0.15) is 31.7 Å². The lowest BCUT2D eigenvalue weighted by molar-refractivity contribution is 0.678. The minimum Gasteiger partial charge on any atom is -0.347 e. The van der Waals surface area contributed by atoms with E-state index in [2.05, 4.69) is 53.8 Å². The van der Waals surface area contributed by atoms with Crippen LogP contribution >= 0.6 is 0 Å². The number of aryl methyl sites for hydroxylation is 1. The Morgan fingerprint density at radius 2 is 2.16 bits per heavy atom. The molecule has 0 bridgehead atoms. The van der Waals surface area contributed by atoms with E-state index in [1.807, 2.05) is 0 Å². The Morgan fingerprint density at radius 1 is 1.37 bits per heavy atom. The molecular formula is C17H22N2. The molecule has 2 nitrogen and oxygen atoms in total. The molecule has 0 spiro atoms. The van der Waals surface area contributed by atoms with E-state index >= 15 is 0 Å². The van der Waals surface area contributed by atoms with E-state index in [4.69, 9.17) is 0 Å². The first-order chi connectivity index (χ1) is 9.24. The van der Waals surface area contributed by atoms with Gasteiger partial charge in [-0.2, -0.15) is 0 Å². The van der Waals surface area contributed by atoms with Gasteiger partial charge in [-0.3, -0.25) is 0 Å². The Morgan fingerprint density at radius 3 is 2.89 bits per heavy atom. The lowest BCUT2D eigenvalue weighted by atomic mass is 10.2. The molecule has 1 saturated carbocycles. The monoisotopic (exact) mass is 254 g/mol. The lowest BCUT2D eigenvalue weighted by Gasteiger charge is -2.04. The van der Waals surface area contributed by atoms with Crippen LogP contribution in [-0.2, 0) is 13.1 Å². The first-order valence-electron chi connectivity index (χ1n) is 7.18. The fourth-order valence-electron chi connectivity index (χ4n) is 2.50. The molecule has 0 unspecified atom stereocenters. The van der Waals surface area contributed by atoms with E-state index in [9.17, 15) is 0 Å². The van der Waals surface area contributed by atoms with E-state index in [-0.39, 0.29) is 0 Å². The molecule has 1 aliphatic rings. The zero-order valence-electron chi connectivity index (χ0n) is 11.7. The number of para-hydroxylation sites is 1. The number of nitrogens with zero attached hydrogens (tertiary/aromatic N) is 1. The van der Waals surface area contributed by atoms with Crippen molar-refractivity contribution in [1.82, 2.24) is 9.88 Å². The third-order valence-corrected chi connectivity index (χ3v) is 3.81. The fourth-order valence-corrected chi connectivity index (χ4v) is 2.50. The Bertz CT molecular complexity index is 590. The summed E-state index contributed by atoms with van der Waals surface area (Å²) < 4.78 is 2.37. The zero-order valence-corrected chi connectivity index (χ0v) is 11.7. The minimum absolute atomic E-state index is 0.762. The zero-order chi connectivity index (χ0) is 13.2. The predicted octanol–water partition coefficient (Wildman–Crippen LogP) is 3.86. The second-order valence-electron chi connectivity index (χ2n) is 5.73. The van der Waals surface area contributed by atoms with Gasteiger partial charge >= 0.3 is 0 Å². The summed E-state index contributed by atoms with van der Waals surface area (Å²) in [5.74, 6) is 0. The fraction of sp³-hybridized carbons (Fsp3) is 0.412. The van der Waals surface area contributed by atoms with Gasteiger partial charge in [-0.25, -0.2) is 0 Å². The van der Waals surface area contributed by atoms with Crippen LogP contribution in [0.4, 0.5) is 0 Å². The molecule has 1 N–H and O–H groups in total. The van der Waals surface area contributed by atoms with Crippen LogP contribution in [0, 0.1) is 0 Å². The third-order valence-electron chi connectivity index (χ3n) is 3.81. The maximum atomic E-state index is 4.00. The minimum atomic E-state index is 0.762. The Hall–Kier alpha value is -1.54. The molecule has 2 heteroatoms. The molecule has 2 aromatic rings. The van der Waals surface area contributed by atoms with Crippen LogP contribution in [0.3, 0.4) is 0 Å². The Balaban J connectivity index is 1.85. The van der Waals surface area contributed by atoms with Crippen molar-refractivity contribution in [1.29, 1.82) is 0 Å². The van der Waals surface area contributed by atoms with Crippen LogP contribution in [0.25, 0.3) is 10.9 Å². The van der Waals surface area contributed by atoms with Gasteiger partial charge < -0.3 is 9.88 Å². The van der Waals surface area contributed by atoms with Gasteiger partial charge in [-0.15, -0.1) is 6.58 Å². The van der Waals surface area contributed by atoms with Crippen LogP contribution in [0.5, 0.6) is 0 Å². The summed E-state index contributed by atoms with van der Waals surface area (Å²) in [7, 11) is 0. The first-order valence-corrected chi connectivity index (χ1v) is 7.18. The molecule has 0 radical (unpaired) electrons. The van der Waals surface area contributed by atoms with Crippen molar-refractivity contribution in [2.45, 2.75) is 45.3 Å². The lowest BCUT2D eigenvalue weighted by Crippen LogP contribution is -2.14. The van der Waals surface area contributed by atoms with Crippen molar-refractivity contribution >= 4 is 10.9 Å². The number of hydrogen-bond donors (Lipinski definition) is 1. The average Bonchev–Trinajstić information content (AvgIpc) is 3.16. The Kier molecular flexibility index (Phi) is 3.43. The summed E-state index contributed by atoms with van der Waals surface area (Å²) in [5, 5.41) is 5.00. The molecule has 1 heterocycles. The topological polar surface area (TPSA) is 17.0 Å². The second kappa shape index (κ2) is 5.22. The molecule has 19 heavy (non-hydrogen) atoms. The number of fused-ring (bicyclic) bond motifs is 1. The van der Waals surface area contributed by atoms with E-state index in [0.717, 1.165) is 25.6 Å². The summed E-state index contributed by atoms with van der Waals surface area (Å²) in [4.78, 5) is 0. The van der Waals surface area contributed by atoms with Crippen molar-refractivity contribution in [3.8, 4) is 0 Å². The van der Waals surface area contributed by atoms with Crippen LogP contribution in [0.15, 0.2) is 42.6 Å². The number of nitrogens with one attached hydrogen (secondary N) is 1. The summed E-state index contributed by atoms with van der Waals surface area (Å²) in [6.45, 7) is 8.12. The van der Waals surface area contributed by atoms with Crippen LogP contribution in [-0.4, -0.2) is 10.6 Å². The SMILES string of the molecule is C=C(C)CCn1cc(CNC2CC2)c2ccccc21. The number of benzene rings is 1. The molecule has 0 amide bonds. The average molecular weight is 254 g/mol. The largest absolute Gasteiger partial charge is 0.347 e. The van der Waals surface area contributed by atoms with E-state index in [1.165, 1.54) is 34.9 Å². The molecule has 1 aromatic carbocycles. The highest BCUT2D eigenvalue weighted by atomic mass is 15.0. The van der Waals surface area contributed by atoms with E-state index < -0.39 is 0 Å². The van der Waals surface area contributed by atoms with E-state index in [0.29, 0.717) is 0 Å². The molecule has 0 aliphatic heterocycles. The quantitative estimate of drug-likeness (QED) is 0.775. The van der Waals surface area contributed by atoms with Gasteiger partial charge in [0.2, 0.25) is 0 Å². The molecular weight excluding hydrogens is 232 g/mol. The number of hydrogen-bond acceptors (Lipinski definition) is 1. The van der Waals surface area contributed by atoms with Gasteiger partial charge in [0.05, 0.1) is 0 Å². The van der Waals surface area contributed by atoms with Crippen molar-refractivity contribution in [3.63, 3.8) is 0 Å².